The standard InChI is InChI=1S/C32H40N6O2/c1-31(2,3)23-17-22(18-24(28(23)40-7)32(4,5)6)29-33-14-10-25(36-29)21-11-15-37(16-12-21)27(39)19-38-20-35-26-9-8-13-34-30(26)38/h8-10,13-14,17-18,20-21H,11-12,15-16,19H2,1-7H3. The molecule has 3 aromatic heterocycles. The summed E-state index contributed by atoms with van der Waals surface area (Å²) in [6, 6.07) is 10.1. The Labute approximate surface area is 236 Å². The number of rotatable bonds is 5. The molecule has 0 unspecified atom stereocenters. The van der Waals surface area contributed by atoms with Crippen LogP contribution in [0.4, 0.5) is 0 Å². The van der Waals surface area contributed by atoms with Gasteiger partial charge in [-0.25, -0.2) is 19.9 Å². The van der Waals surface area contributed by atoms with Crippen LogP contribution in [0.5, 0.6) is 5.75 Å². The number of hydrogen-bond donors (Lipinski definition) is 0. The molecular weight excluding hydrogens is 500 g/mol. The van der Waals surface area contributed by atoms with E-state index < -0.39 is 0 Å². The van der Waals surface area contributed by atoms with Crippen LogP contribution in [-0.4, -0.2) is 55.5 Å². The van der Waals surface area contributed by atoms with Crippen molar-refractivity contribution in [2.45, 2.75) is 77.7 Å². The Balaban J connectivity index is 1.34. The number of benzene rings is 1. The molecule has 1 amide bonds. The molecule has 1 fully saturated rings. The molecule has 0 aliphatic carbocycles. The number of pyridine rings is 1. The molecule has 210 valence electrons. The summed E-state index contributed by atoms with van der Waals surface area (Å²) in [5.41, 5.74) is 5.68. The van der Waals surface area contributed by atoms with Crippen LogP contribution in [0, 0.1) is 0 Å². The molecule has 0 radical (unpaired) electrons. The van der Waals surface area contributed by atoms with Gasteiger partial charge >= 0.3 is 0 Å². The van der Waals surface area contributed by atoms with Crippen molar-refractivity contribution >= 4 is 17.1 Å². The summed E-state index contributed by atoms with van der Waals surface area (Å²) in [5.74, 6) is 2.05. The number of likely N-dealkylation sites (tertiary alicyclic amines) is 1. The molecule has 0 saturated carbocycles. The number of piperidine rings is 1. The largest absolute Gasteiger partial charge is 0.496 e. The minimum absolute atomic E-state index is 0.0921. The van der Waals surface area contributed by atoms with Crippen molar-refractivity contribution in [3.63, 3.8) is 0 Å². The van der Waals surface area contributed by atoms with Gasteiger partial charge in [0.1, 0.15) is 17.8 Å². The fourth-order valence-electron chi connectivity index (χ4n) is 5.51. The number of ether oxygens (including phenoxy) is 1. The predicted molar refractivity (Wildman–Crippen MR) is 158 cm³/mol. The van der Waals surface area contributed by atoms with Gasteiger partial charge in [0.15, 0.2) is 11.5 Å². The maximum Gasteiger partial charge on any atom is 0.242 e. The average molecular weight is 541 g/mol. The van der Waals surface area contributed by atoms with Gasteiger partial charge in [-0.2, -0.15) is 0 Å². The highest BCUT2D eigenvalue weighted by atomic mass is 16.5. The van der Waals surface area contributed by atoms with Crippen LogP contribution in [0.2, 0.25) is 0 Å². The lowest BCUT2D eigenvalue weighted by Crippen LogP contribution is -2.39. The maximum atomic E-state index is 13.1. The third-order valence-corrected chi connectivity index (χ3v) is 7.79. The summed E-state index contributed by atoms with van der Waals surface area (Å²) < 4.78 is 7.77. The van der Waals surface area contributed by atoms with E-state index in [0.29, 0.717) is 13.1 Å². The minimum atomic E-state index is -0.0998. The van der Waals surface area contributed by atoms with Gasteiger partial charge in [0.25, 0.3) is 0 Å². The smallest absolute Gasteiger partial charge is 0.242 e. The van der Waals surface area contributed by atoms with Crippen LogP contribution >= 0.6 is 0 Å². The Morgan fingerprint density at radius 3 is 2.25 bits per heavy atom. The first kappa shape index (κ1) is 27.7. The molecule has 1 aromatic carbocycles. The molecule has 40 heavy (non-hydrogen) atoms. The third kappa shape index (κ3) is 5.58. The fraction of sp³-hybridized carbons (Fsp3) is 0.469. The number of hydrogen-bond acceptors (Lipinski definition) is 6. The Kier molecular flexibility index (Phi) is 7.38. The van der Waals surface area contributed by atoms with Crippen LogP contribution in [0.25, 0.3) is 22.6 Å². The molecule has 0 bridgehead atoms. The SMILES string of the molecule is COc1c(C(C)(C)C)cc(-c2nccc(C3CCN(C(=O)Cn4cnc5cccnc54)CC3)n2)cc1C(C)(C)C. The Morgan fingerprint density at radius 2 is 1.62 bits per heavy atom. The van der Waals surface area contributed by atoms with E-state index in [1.165, 1.54) is 0 Å². The maximum absolute atomic E-state index is 13.1. The van der Waals surface area contributed by atoms with Gasteiger partial charge in [-0.3, -0.25) is 4.79 Å². The lowest BCUT2D eigenvalue weighted by molar-refractivity contribution is -0.132. The fourth-order valence-corrected chi connectivity index (χ4v) is 5.51. The van der Waals surface area contributed by atoms with E-state index in [0.717, 1.165) is 58.0 Å². The minimum Gasteiger partial charge on any atom is -0.496 e. The second-order valence-corrected chi connectivity index (χ2v) is 12.8. The van der Waals surface area contributed by atoms with Gasteiger partial charge in [0.05, 0.1) is 13.4 Å². The van der Waals surface area contributed by atoms with E-state index in [4.69, 9.17) is 9.72 Å². The number of carbonyl (C=O) groups excluding carboxylic acids is 1. The Morgan fingerprint density at radius 1 is 0.950 bits per heavy atom. The van der Waals surface area contributed by atoms with E-state index in [2.05, 4.69) is 68.6 Å². The van der Waals surface area contributed by atoms with Gasteiger partial charge in [-0.1, -0.05) is 41.5 Å². The van der Waals surface area contributed by atoms with Crippen LogP contribution in [0.15, 0.2) is 49.1 Å². The zero-order valence-electron chi connectivity index (χ0n) is 24.7. The highest BCUT2D eigenvalue weighted by Crippen LogP contribution is 2.42. The van der Waals surface area contributed by atoms with Crippen molar-refractivity contribution in [1.82, 2.24) is 29.4 Å². The van der Waals surface area contributed by atoms with Crippen molar-refractivity contribution in [3.05, 3.63) is 65.9 Å². The summed E-state index contributed by atoms with van der Waals surface area (Å²) in [6.45, 7) is 14.9. The first-order chi connectivity index (χ1) is 19.0. The van der Waals surface area contributed by atoms with Crippen LogP contribution in [0.1, 0.15) is 77.1 Å². The van der Waals surface area contributed by atoms with E-state index in [-0.39, 0.29) is 29.2 Å². The second kappa shape index (κ2) is 10.6. The quantitative estimate of drug-likeness (QED) is 0.313. The summed E-state index contributed by atoms with van der Waals surface area (Å²) >= 11 is 0. The summed E-state index contributed by atoms with van der Waals surface area (Å²) in [4.78, 5) is 33.5. The van der Waals surface area contributed by atoms with Crippen LogP contribution < -0.4 is 4.74 Å². The molecule has 4 heterocycles. The van der Waals surface area contributed by atoms with Crippen LogP contribution in [0.3, 0.4) is 0 Å². The predicted octanol–water partition coefficient (Wildman–Crippen LogP) is 5.90. The number of nitrogens with zero attached hydrogens (tertiary/aromatic N) is 6. The zero-order chi connectivity index (χ0) is 28.7. The van der Waals surface area contributed by atoms with Gasteiger partial charge in [-0.15, -0.1) is 0 Å². The molecule has 0 atom stereocenters. The first-order valence-electron chi connectivity index (χ1n) is 14.1. The monoisotopic (exact) mass is 540 g/mol. The van der Waals surface area contributed by atoms with Crippen molar-refractivity contribution in [1.29, 1.82) is 0 Å². The average Bonchev–Trinajstić information content (AvgIpc) is 3.34. The van der Waals surface area contributed by atoms with Gasteiger partial charge in [0.2, 0.25) is 5.91 Å². The first-order valence-corrected chi connectivity index (χ1v) is 14.1. The van der Waals surface area contributed by atoms with E-state index in [1.54, 1.807) is 19.6 Å². The number of amides is 1. The molecule has 1 aliphatic rings. The number of aromatic nitrogens is 5. The molecule has 0 spiro atoms. The van der Waals surface area contributed by atoms with Crippen molar-refractivity contribution in [2.24, 2.45) is 0 Å². The number of methoxy groups -OCH3 is 1. The summed E-state index contributed by atoms with van der Waals surface area (Å²) in [6.07, 6.45) is 7.03. The number of fused-ring (bicyclic) bond motifs is 1. The van der Waals surface area contributed by atoms with Crippen molar-refractivity contribution in [3.8, 4) is 17.1 Å². The molecule has 5 rings (SSSR count). The third-order valence-electron chi connectivity index (χ3n) is 7.79. The zero-order valence-corrected chi connectivity index (χ0v) is 24.7. The van der Waals surface area contributed by atoms with Gasteiger partial charge in [0, 0.05) is 53.8 Å². The van der Waals surface area contributed by atoms with E-state index in [9.17, 15) is 4.79 Å². The molecule has 1 saturated heterocycles. The summed E-state index contributed by atoms with van der Waals surface area (Å²) in [7, 11) is 1.75. The second-order valence-electron chi connectivity index (χ2n) is 12.8. The van der Waals surface area contributed by atoms with Gasteiger partial charge < -0.3 is 14.2 Å². The molecule has 0 N–H and O–H groups in total. The summed E-state index contributed by atoms with van der Waals surface area (Å²) in [5, 5.41) is 0. The van der Waals surface area contributed by atoms with Crippen LogP contribution in [-0.2, 0) is 22.2 Å². The highest BCUT2D eigenvalue weighted by Gasteiger charge is 2.29. The Hall–Kier alpha value is -3.81. The normalized spacial score (nSPS) is 15.0. The van der Waals surface area contributed by atoms with Gasteiger partial charge in [-0.05, 0) is 54.0 Å². The topological polar surface area (TPSA) is 86.0 Å². The molecular formula is C32H40N6O2. The molecule has 8 nitrogen and oxygen atoms in total. The lowest BCUT2D eigenvalue weighted by atomic mass is 9.78. The number of imidazole rings is 1. The van der Waals surface area contributed by atoms with E-state index in [1.807, 2.05) is 33.9 Å². The Bertz CT molecular complexity index is 1490. The highest BCUT2D eigenvalue weighted by molar-refractivity contribution is 5.79. The molecule has 1 aliphatic heterocycles. The molecule has 4 aromatic rings. The van der Waals surface area contributed by atoms with Crippen molar-refractivity contribution < 1.29 is 9.53 Å². The van der Waals surface area contributed by atoms with E-state index >= 15 is 0 Å². The van der Waals surface area contributed by atoms with Crippen molar-refractivity contribution in [2.75, 3.05) is 20.2 Å². The molecule has 8 heteroatoms. The lowest BCUT2D eigenvalue weighted by Gasteiger charge is -2.32. The number of carbonyl (C=O) groups is 1.